The standard InChI is InChI=1S/C12H24N2O2/c1-4-6-10(11(15)16)13-9-12(14(2)3)7-5-8-12/h10,13H,4-9H2,1-3H3,(H,15,16). The van der Waals surface area contributed by atoms with Gasteiger partial charge in [0.1, 0.15) is 6.04 Å². The molecular weight excluding hydrogens is 204 g/mol. The quantitative estimate of drug-likeness (QED) is 0.690. The van der Waals surface area contributed by atoms with Crippen molar-refractivity contribution in [3.05, 3.63) is 0 Å². The van der Waals surface area contributed by atoms with Crippen LogP contribution in [0, 0.1) is 0 Å². The van der Waals surface area contributed by atoms with Crippen LogP contribution in [0.1, 0.15) is 39.0 Å². The van der Waals surface area contributed by atoms with Crippen molar-refractivity contribution in [1.82, 2.24) is 10.2 Å². The molecule has 0 heterocycles. The molecule has 1 fully saturated rings. The molecular formula is C12H24N2O2. The molecule has 4 nitrogen and oxygen atoms in total. The number of rotatable bonds is 7. The van der Waals surface area contributed by atoms with Gasteiger partial charge in [-0.15, -0.1) is 0 Å². The smallest absolute Gasteiger partial charge is 0.320 e. The third-order valence-electron chi connectivity index (χ3n) is 3.79. The van der Waals surface area contributed by atoms with Crippen molar-refractivity contribution in [2.24, 2.45) is 0 Å². The molecule has 16 heavy (non-hydrogen) atoms. The van der Waals surface area contributed by atoms with Crippen LogP contribution in [0.3, 0.4) is 0 Å². The highest BCUT2D eigenvalue weighted by Crippen LogP contribution is 2.35. The zero-order chi connectivity index (χ0) is 12.2. The Hall–Kier alpha value is -0.610. The molecule has 1 aliphatic carbocycles. The second-order valence-corrected chi connectivity index (χ2v) is 5.03. The molecule has 94 valence electrons. The van der Waals surface area contributed by atoms with Gasteiger partial charge in [0.15, 0.2) is 0 Å². The Morgan fingerprint density at radius 3 is 2.44 bits per heavy atom. The minimum absolute atomic E-state index is 0.196. The van der Waals surface area contributed by atoms with E-state index in [4.69, 9.17) is 5.11 Å². The highest BCUT2D eigenvalue weighted by Gasteiger charge is 2.39. The second-order valence-electron chi connectivity index (χ2n) is 5.03. The Balaban J connectivity index is 2.44. The molecule has 0 aromatic rings. The zero-order valence-corrected chi connectivity index (χ0v) is 10.6. The van der Waals surface area contributed by atoms with Gasteiger partial charge < -0.3 is 15.3 Å². The first-order chi connectivity index (χ1) is 7.52. The molecule has 0 amide bonds. The van der Waals surface area contributed by atoms with Crippen molar-refractivity contribution in [3.8, 4) is 0 Å². The molecule has 0 saturated heterocycles. The average Bonchev–Trinajstić information content (AvgIpc) is 2.13. The summed E-state index contributed by atoms with van der Waals surface area (Å²) in [6.07, 6.45) is 5.21. The van der Waals surface area contributed by atoms with Gasteiger partial charge in [-0.05, 0) is 39.8 Å². The number of carboxylic acids is 1. The molecule has 0 aromatic carbocycles. The molecule has 2 N–H and O–H groups in total. The van der Waals surface area contributed by atoms with Gasteiger partial charge in [0, 0.05) is 12.1 Å². The number of hydrogen-bond acceptors (Lipinski definition) is 3. The molecule has 1 aliphatic rings. The minimum Gasteiger partial charge on any atom is -0.480 e. The zero-order valence-electron chi connectivity index (χ0n) is 10.6. The summed E-state index contributed by atoms with van der Waals surface area (Å²) in [6, 6.07) is -0.387. The Labute approximate surface area is 98.0 Å². The Morgan fingerprint density at radius 1 is 1.50 bits per heavy atom. The van der Waals surface area contributed by atoms with E-state index in [0.717, 1.165) is 13.0 Å². The fourth-order valence-electron chi connectivity index (χ4n) is 2.28. The predicted octanol–water partition coefficient (Wildman–Crippen LogP) is 1.31. The molecule has 1 atom stereocenters. The highest BCUT2D eigenvalue weighted by molar-refractivity contribution is 5.73. The van der Waals surface area contributed by atoms with E-state index < -0.39 is 5.97 Å². The third-order valence-corrected chi connectivity index (χ3v) is 3.79. The van der Waals surface area contributed by atoms with Crippen molar-refractivity contribution in [1.29, 1.82) is 0 Å². The van der Waals surface area contributed by atoms with Crippen LogP contribution in [0.2, 0.25) is 0 Å². The molecule has 1 unspecified atom stereocenters. The number of carboxylic acid groups (broad SMARTS) is 1. The lowest BCUT2D eigenvalue weighted by atomic mass is 9.75. The summed E-state index contributed by atoms with van der Waals surface area (Å²) >= 11 is 0. The molecule has 0 bridgehead atoms. The molecule has 4 heteroatoms. The van der Waals surface area contributed by atoms with E-state index in [1.54, 1.807) is 0 Å². The first kappa shape index (κ1) is 13.5. The van der Waals surface area contributed by atoms with Gasteiger partial charge in [0.25, 0.3) is 0 Å². The summed E-state index contributed by atoms with van der Waals surface area (Å²) < 4.78 is 0. The number of hydrogen-bond donors (Lipinski definition) is 2. The molecule has 1 rings (SSSR count). The van der Waals surface area contributed by atoms with Gasteiger partial charge in [-0.1, -0.05) is 13.3 Å². The summed E-state index contributed by atoms with van der Waals surface area (Å²) in [5.74, 6) is -0.727. The summed E-state index contributed by atoms with van der Waals surface area (Å²) in [7, 11) is 4.16. The van der Waals surface area contributed by atoms with Crippen LogP contribution in [0.25, 0.3) is 0 Å². The van der Waals surface area contributed by atoms with Gasteiger partial charge >= 0.3 is 5.97 Å². The van der Waals surface area contributed by atoms with E-state index in [1.165, 1.54) is 19.3 Å². The number of aliphatic carboxylic acids is 1. The summed E-state index contributed by atoms with van der Waals surface area (Å²) in [4.78, 5) is 13.2. The number of likely N-dealkylation sites (N-methyl/N-ethyl adjacent to an activating group) is 1. The van der Waals surface area contributed by atoms with Crippen molar-refractivity contribution in [2.75, 3.05) is 20.6 Å². The highest BCUT2D eigenvalue weighted by atomic mass is 16.4. The Morgan fingerprint density at radius 2 is 2.12 bits per heavy atom. The number of carbonyl (C=O) groups is 1. The largest absolute Gasteiger partial charge is 0.480 e. The van der Waals surface area contributed by atoms with E-state index in [2.05, 4.69) is 24.3 Å². The lowest BCUT2D eigenvalue weighted by molar-refractivity contribution is -0.139. The van der Waals surface area contributed by atoms with Crippen LogP contribution in [0.15, 0.2) is 0 Å². The van der Waals surface area contributed by atoms with Crippen LogP contribution >= 0.6 is 0 Å². The van der Waals surface area contributed by atoms with E-state index in [1.807, 2.05) is 6.92 Å². The van der Waals surface area contributed by atoms with E-state index >= 15 is 0 Å². The number of nitrogens with zero attached hydrogens (tertiary/aromatic N) is 1. The maximum absolute atomic E-state index is 11.0. The van der Waals surface area contributed by atoms with Gasteiger partial charge in [0.05, 0.1) is 0 Å². The molecule has 1 saturated carbocycles. The third kappa shape index (κ3) is 2.95. The van der Waals surface area contributed by atoms with Crippen LogP contribution in [-0.2, 0) is 4.79 Å². The summed E-state index contributed by atoms with van der Waals surface area (Å²) in [5, 5.41) is 12.3. The SMILES string of the molecule is CCCC(NCC1(N(C)C)CCC1)C(=O)O. The summed E-state index contributed by atoms with van der Waals surface area (Å²) in [6.45, 7) is 2.81. The summed E-state index contributed by atoms with van der Waals surface area (Å²) in [5.41, 5.74) is 0.196. The van der Waals surface area contributed by atoms with Crippen LogP contribution < -0.4 is 5.32 Å². The molecule has 0 radical (unpaired) electrons. The van der Waals surface area contributed by atoms with Crippen molar-refractivity contribution < 1.29 is 9.90 Å². The monoisotopic (exact) mass is 228 g/mol. The lowest BCUT2D eigenvalue weighted by Crippen LogP contribution is -2.58. The van der Waals surface area contributed by atoms with E-state index in [0.29, 0.717) is 6.42 Å². The van der Waals surface area contributed by atoms with Gasteiger partial charge in [0.2, 0.25) is 0 Å². The second kappa shape index (κ2) is 5.64. The maximum Gasteiger partial charge on any atom is 0.320 e. The molecule has 0 aromatic heterocycles. The van der Waals surface area contributed by atoms with Gasteiger partial charge in [-0.3, -0.25) is 4.79 Å². The fourth-order valence-corrected chi connectivity index (χ4v) is 2.28. The minimum atomic E-state index is -0.727. The average molecular weight is 228 g/mol. The van der Waals surface area contributed by atoms with E-state index in [-0.39, 0.29) is 11.6 Å². The lowest BCUT2D eigenvalue weighted by Gasteiger charge is -2.48. The Bertz CT molecular complexity index is 237. The topological polar surface area (TPSA) is 52.6 Å². The van der Waals surface area contributed by atoms with Crippen LogP contribution in [-0.4, -0.2) is 48.2 Å². The first-order valence-electron chi connectivity index (χ1n) is 6.15. The predicted molar refractivity (Wildman–Crippen MR) is 64.6 cm³/mol. The fraction of sp³-hybridized carbons (Fsp3) is 0.917. The van der Waals surface area contributed by atoms with Gasteiger partial charge in [-0.25, -0.2) is 0 Å². The van der Waals surface area contributed by atoms with Crippen molar-refractivity contribution >= 4 is 5.97 Å². The van der Waals surface area contributed by atoms with Crippen LogP contribution in [0.5, 0.6) is 0 Å². The van der Waals surface area contributed by atoms with Crippen molar-refractivity contribution in [3.63, 3.8) is 0 Å². The van der Waals surface area contributed by atoms with Crippen molar-refractivity contribution in [2.45, 2.75) is 50.6 Å². The molecule has 0 spiro atoms. The number of nitrogens with one attached hydrogen (secondary N) is 1. The van der Waals surface area contributed by atoms with E-state index in [9.17, 15) is 4.79 Å². The first-order valence-corrected chi connectivity index (χ1v) is 6.15. The Kier molecular flexibility index (Phi) is 4.74. The van der Waals surface area contributed by atoms with Crippen LogP contribution in [0.4, 0.5) is 0 Å². The molecule has 0 aliphatic heterocycles. The normalized spacial score (nSPS) is 20.5. The van der Waals surface area contributed by atoms with Gasteiger partial charge in [-0.2, -0.15) is 0 Å². The maximum atomic E-state index is 11.0.